The molecule has 5 rings (SSSR count). The van der Waals surface area contributed by atoms with Crippen LogP contribution in [0, 0.1) is 6.92 Å². The van der Waals surface area contributed by atoms with Crippen molar-refractivity contribution < 1.29 is 9.53 Å². The standard InChI is InChI=1S/C29H30N4O2/c1-4-35-28(34)27-30-33(25-17-15-22(2)16-18-25)29(24-13-9-6-10-14-24)21-26(23-11-7-5-8-12-23)31(3)19-20-32(27)29/h5-18,21H,4,19-20H2,1-3H3/t29-/m0/s1. The lowest BCUT2D eigenvalue weighted by molar-refractivity contribution is -0.136. The molecule has 2 heterocycles. The van der Waals surface area contributed by atoms with Gasteiger partial charge < -0.3 is 14.5 Å². The Balaban J connectivity index is 1.80. The van der Waals surface area contributed by atoms with Crippen LogP contribution in [0.4, 0.5) is 5.69 Å². The number of carbonyl (C=O) groups excluding carboxylic acids is 1. The summed E-state index contributed by atoms with van der Waals surface area (Å²) in [5, 5.41) is 6.90. The second-order valence-corrected chi connectivity index (χ2v) is 8.85. The van der Waals surface area contributed by atoms with Gasteiger partial charge in [0.1, 0.15) is 0 Å². The maximum Gasteiger partial charge on any atom is 0.376 e. The number of hydrogen-bond acceptors (Lipinski definition) is 6. The third-order valence-corrected chi connectivity index (χ3v) is 6.60. The number of esters is 1. The van der Waals surface area contributed by atoms with Gasteiger partial charge in [0.25, 0.3) is 0 Å². The van der Waals surface area contributed by atoms with Crippen LogP contribution in [0.25, 0.3) is 5.70 Å². The highest BCUT2D eigenvalue weighted by Crippen LogP contribution is 2.45. The van der Waals surface area contributed by atoms with Gasteiger partial charge in [0.05, 0.1) is 12.3 Å². The van der Waals surface area contributed by atoms with Crippen LogP contribution in [0.15, 0.2) is 96.1 Å². The molecule has 6 nitrogen and oxygen atoms in total. The van der Waals surface area contributed by atoms with Crippen LogP contribution in [0.3, 0.4) is 0 Å². The van der Waals surface area contributed by atoms with Crippen molar-refractivity contribution >= 4 is 23.2 Å². The summed E-state index contributed by atoms with van der Waals surface area (Å²) in [6, 6.07) is 28.9. The van der Waals surface area contributed by atoms with Crippen molar-refractivity contribution in [3.8, 4) is 0 Å². The highest BCUT2D eigenvalue weighted by Gasteiger charge is 2.53. The van der Waals surface area contributed by atoms with Gasteiger partial charge in [0.2, 0.25) is 5.84 Å². The molecule has 0 amide bonds. The molecule has 0 fully saturated rings. The van der Waals surface area contributed by atoms with Crippen molar-refractivity contribution in [3.63, 3.8) is 0 Å². The first-order valence-electron chi connectivity index (χ1n) is 12.0. The van der Waals surface area contributed by atoms with E-state index in [0.29, 0.717) is 19.0 Å². The lowest BCUT2D eigenvalue weighted by Gasteiger charge is -2.42. The number of fused-ring (bicyclic) bond motifs is 1. The maximum absolute atomic E-state index is 13.2. The highest BCUT2D eigenvalue weighted by atomic mass is 16.5. The van der Waals surface area contributed by atoms with E-state index in [4.69, 9.17) is 9.84 Å². The van der Waals surface area contributed by atoms with Gasteiger partial charge in [-0.05, 0) is 37.6 Å². The number of carbonyl (C=O) groups is 1. The minimum atomic E-state index is -0.853. The lowest BCUT2D eigenvalue weighted by Crippen LogP contribution is -2.53. The number of hydrazone groups is 1. The topological polar surface area (TPSA) is 48.4 Å². The van der Waals surface area contributed by atoms with Gasteiger partial charge in [-0.15, -0.1) is 5.10 Å². The largest absolute Gasteiger partial charge is 0.460 e. The van der Waals surface area contributed by atoms with E-state index in [1.807, 2.05) is 36.2 Å². The van der Waals surface area contributed by atoms with Crippen molar-refractivity contribution in [2.75, 3.05) is 31.8 Å². The van der Waals surface area contributed by atoms with Crippen LogP contribution in [-0.4, -0.2) is 48.3 Å². The molecule has 178 valence electrons. The van der Waals surface area contributed by atoms with E-state index in [2.05, 4.69) is 90.5 Å². The monoisotopic (exact) mass is 466 g/mol. The molecule has 2 aliphatic heterocycles. The Kier molecular flexibility index (Phi) is 6.03. The van der Waals surface area contributed by atoms with E-state index in [1.165, 1.54) is 0 Å². The predicted molar refractivity (Wildman–Crippen MR) is 140 cm³/mol. The number of nitrogens with zero attached hydrogens (tertiary/aromatic N) is 4. The van der Waals surface area contributed by atoms with E-state index in [9.17, 15) is 4.79 Å². The SMILES string of the molecule is CCOC(=O)C1=NN(c2ccc(C)cc2)[C@]2(c3ccccc3)C=C(c3ccccc3)N(C)CCN12. The average molecular weight is 467 g/mol. The molecule has 0 saturated carbocycles. The molecule has 0 unspecified atom stereocenters. The molecule has 3 aromatic carbocycles. The fourth-order valence-corrected chi connectivity index (χ4v) is 4.83. The third-order valence-electron chi connectivity index (χ3n) is 6.60. The van der Waals surface area contributed by atoms with E-state index in [1.54, 1.807) is 0 Å². The number of amidine groups is 1. The lowest BCUT2D eigenvalue weighted by atomic mass is 9.93. The number of benzene rings is 3. The van der Waals surface area contributed by atoms with Crippen molar-refractivity contribution in [2.45, 2.75) is 19.5 Å². The zero-order valence-corrected chi connectivity index (χ0v) is 20.4. The van der Waals surface area contributed by atoms with Crippen molar-refractivity contribution in [1.82, 2.24) is 9.80 Å². The van der Waals surface area contributed by atoms with Gasteiger partial charge in [0, 0.05) is 31.4 Å². The van der Waals surface area contributed by atoms with Crippen LogP contribution in [0.1, 0.15) is 23.6 Å². The van der Waals surface area contributed by atoms with Gasteiger partial charge in [0.15, 0.2) is 5.66 Å². The Hall–Kier alpha value is -4.06. The molecule has 0 bridgehead atoms. The summed E-state index contributed by atoms with van der Waals surface area (Å²) < 4.78 is 5.47. The number of rotatable bonds is 5. The Bertz CT molecular complexity index is 1250. The molecule has 0 saturated heterocycles. The normalized spacial score (nSPS) is 19.6. The number of aryl methyl sites for hydroxylation is 1. The molecule has 0 spiro atoms. The average Bonchev–Trinajstić information content (AvgIpc) is 3.14. The van der Waals surface area contributed by atoms with Crippen LogP contribution in [0.2, 0.25) is 0 Å². The van der Waals surface area contributed by atoms with Crippen molar-refractivity contribution in [3.05, 3.63) is 108 Å². The van der Waals surface area contributed by atoms with E-state index in [0.717, 1.165) is 34.6 Å². The van der Waals surface area contributed by atoms with E-state index in [-0.39, 0.29) is 0 Å². The Labute approximate surface area is 206 Å². The van der Waals surface area contributed by atoms with E-state index >= 15 is 0 Å². The fraction of sp³-hybridized carbons (Fsp3) is 0.241. The first-order valence-corrected chi connectivity index (χ1v) is 12.0. The first kappa shape index (κ1) is 22.7. The summed E-state index contributed by atoms with van der Waals surface area (Å²) in [5.74, 6) is -0.100. The number of likely N-dealkylation sites (N-methyl/N-ethyl adjacent to an activating group) is 1. The summed E-state index contributed by atoms with van der Waals surface area (Å²) in [4.78, 5) is 17.5. The quantitative estimate of drug-likeness (QED) is 0.504. The number of ether oxygens (including phenoxy) is 1. The second-order valence-electron chi connectivity index (χ2n) is 8.85. The van der Waals surface area contributed by atoms with Crippen LogP contribution < -0.4 is 5.01 Å². The highest BCUT2D eigenvalue weighted by molar-refractivity contribution is 6.36. The van der Waals surface area contributed by atoms with Crippen molar-refractivity contribution in [1.29, 1.82) is 0 Å². The van der Waals surface area contributed by atoms with Gasteiger partial charge in [-0.1, -0.05) is 78.4 Å². The second kappa shape index (κ2) is 9.29. The molecule has 0 N–H and O–H groups in total. The smallest absolute Gasteiger partial charge is 0.376 e. The molecule has 1 atom stereocenters. The Morgan fingerprint density at radius 2 is 1.60 bits per heavy atom. The molecule has 0 aliphatic carbocycles. The molecule has 0 aromatic heterocycles. The van der Waals surface area contributed by atoms with Gasteiger partial charge in [-0.2, -0.15) is 0 Å². The molecule has 3 aromatic rings. The maximum atomic E-state index is 13.2. The molecule has 35 heavy (non-hydrogen) atoms. The summed E-state index contributed by atoms with van der Waals surface area (Å²) in [6.07, 6.45) is 2.24. The third kappa shape index (κ3) is 3.95. The minimum Gasteiger partial charge on any atom is -0.460 e. The van der Waals surface area contributed by atoms with Gasteiger partial charge in [-0.25, -0.2) is 9.80 Å². The molecule has 0 radical (unpaired) electrons. The zero-order chi connectivity index (χ0) is 24.4. The number of anilines is 1. The first-order chi connectivity index (χ1) is 17.0. The number of hydrogen-bond donors (Lipinski definition) is 0. The van der Waals surface area contributed by atoms with Gasteiger partial charge in [-0.3, -0.25) is 0 Å². The fourth-order valence-electron chi connectivity index (χ4n) is 4.83. The van der Waals surface area contributed by atoms with Crippen LogP contribution in [-0.2, 0) is 15.2 Å². The van der Waals surface area contributed by atoms with Crippen LogP contribution in [0.5, 0.6) is 0 Å². The molecule has 6 heteroatoms. The Morgan fingerprint density at radius 3 is 2.26 bits per heavy atom. The zero-order valence-electron chi connectivity index (χ0n) is 20.4. The summed E-state index contributed by atoms with van der Waals surface area (Å²) in [7, 11) is 2.09. The summed E-state index contributed by atoms with van der Waals surface area (Å²) >= 11 is 0. The van der Waals surface area contributed by atoms with Gasteiger partial charge >= 0.3 is 5.97 Å². The minimum absolute atomic E-state index is 0.291. The van der Waals surface area contributed by atoms with Crippen LogP contribution >= 0.6 is 0 Å². The molecule has 2 aliphatic rings. The Morgan fingerprint density at radius 1 is 0.943 bits per heavy atom. The molecular formula is C29H30N4O2. The van der Waals surface area contributed by atoms with Crippen molar-refractivity contribution in [2.24, 2.45) is 5.10 Å². The predicted octanol–water partition coefficient (Wildman–Crippen LogP) is 4.83. The van der Waals surface area contributed by atoms with E-state index < -0.39 is 11.6 Å². The summed E-state index contributed by atoms with van der Waals surface area (Å²) in [6.45, 7) is 5.49. The summed E-state index contributed by atoms with van der Waals surface area (Å²) in [5.41, 5.74) is 4.42. The molecular weight excluding hydrogens is 436 g/mol.